The molecule has 12 heavy (non-hydrogen) atoms. The Balaban J connectivity index is 4.03. The highest BCUT2D eigenvalue weighted by Crippen LogP contribution is 2.35. The first-order chi connectivity index (χ1) is 5.74. The van der Waals surface area contributed by atoms with Crippen LogP contribution in [0.15, 0.2) is 0 Å². The van der Waals surface area contributed by atoms with Crippen molar-refractivity contribution in [1.29, 1.82) is 0 Å². The molecule has 0 radical (unpaired) electrons. The molecule has 1 atom stereocenters. The Morgan fingerprint density at radius 1 is 1.17 bits per heavy atom. The van der Waals surface area contributed by atoms with Crippen LogP contribution >= 0.6 is 8.46 Å². The molecule has 0 bridgehead atoms. The summed E-state index contributed by atoms with van der Waals surface area (Å²) in [7, 11) is -0.116. The van der Waals surface area contributed by atoms with Crippen LogP contribution in [-0.4, -0.2) is 6.16 Å². The van der Waals surface area contributed by atoms with Crippen LogP contribution in [0.5, 0.6) is 0 Å². The van der Waals surface area contributed by atoms with E-state index in [9.17, 15) is 4.57 Å². The van der Waals surface area contributed by atoms with E-state index in [1.165, 1.54) is 32.1 Å². The zero-order valence-corrected chi connectivity index (χ0v) is 9.65. The van der Waals surface area contributed by atoms with Crippen molar-refractivity contribution < 1.29 is 4.57 Å². The number of hydrogen-bond acceptors (Lipinski definition) is 1. The summed E-state index contributed by atoms with van der Waals surface area (Å²) < 4.78 is 10.7. The second-order valence-corrected chi connectivity index (χ2v) is 4.27. The van der Waals surface area contributed by atoms with Crippen molar-refractivity contribution in [3.8, 4) is 0 Å². The van der Waals surface area contributed by atoms with E-state index in [0.29, 0.717) is 5.41 Å². The standard InChI is InChI=1S/C10H21OP/c1-4-7-8-10(5-2,6-3)9-12-11/h4-9H2,1-3H3/p+1. The molecule has 0 saturated carbocycles. The van der Waals surface area contributed by atoms with Gasteiger partial charge in [-0.3, -0.25) is 0 Å². The molecular formula is C10H22OP+. The van der Waals surface area contributed by atoms with Gasteiger partial charge in [0.1, 0.15) is 6.16 Å². The second-order valence-electron chi connectivity index (χ2n) is 3.63. The van der Waals surface area contributed by atoms with Crippen LogP contribution in [0.3, 0.4) is 0 Å². The van der Waals surface area contributed by atoms with Crippen LogP contribution in [0.1, 0.15) is 52.9 Å². The number of rotatable bonds is 7. The van der Waals surface area contributed by atoms with Gasteiger partial charge >= 0.3 is 8.46 Å². The van der Waals surface area contributed by atoms with E-state index in [1.807, 2.05) is 0 Å². The summed E-state index contributed by atoms with van der Waals surface area (Å²) >= 11 is 0. The number of hydrogen-bond donors (Lipinski definition) is 0. The van der Waals surface area contributed by atoms with Crippen molar-refractivity contribution in [3.05, 3.63) is 0 Å². The molecule has 1 unspecified atom stereocenters. The predicted molar refractivity (Wildman–Crippen MR) is 56.4 cm³/mol. The molecule has 1 nitrogen and oxygen atoms in total. The average Bonchev–Trinajstić information content (AvgIpc) is 2.13. The van der Waals surface area contributed by atoms with Crippen LogP contribution < -0.4 is 0 Å². The SMILES string of the molecule is CCCCC(CC)(CC)C[PH+]=O. The lowest BCUT2D eigenvalue weighted by Crippen LogP contribution is -2.20. The molecule has 0 aliphatic heterocycles. The summed E-state index contributed by atoms with van der Waals surface area (Å²) in [6.07, 6.45) is 7.05. The minimum absolute atomic E-state index is 0.116. The van der Waals surface area contributed by atoms with Gasteiger partial charge in [0.2, 0.25) is 0 Å². The van der Waals surface area contributed by atoms with E-state index < -0.39 is 0 Å². The van der Waals surface area contributed by atoms with Gasteiger partial charge in [-0.1, -0.05) is 38.2 Å². The normalized spacial score (nSPS) is 12.2. The lowest BCUT2D eigenvalue weighted by atomic mass is 9.80. The maximum atomic E-state index is 10.7. The van der Waals surface area contributed by atoms with Gasteiger partial charge < -0.3 is 0 Å². The Hall–Kier alpha value is 0.100. The number of unbranched alkanes of at least 4 members (excludes halogenated alkanes) is 1. The molecule has 2 heteroatoms. The summed E-state index contributed by atoms with van der Waals surface area (Å²) in [6.45, 7) is 6.66. The lowest BCUT2D eigenvalue weighted by Gasteiger charge is -2.26. The van der Waals surface area contributed by atoms with Crippen molar-refractivity contribution in [3.63, 3.8) is 0 Å². The van der Waals surface area contributed by atoms with Crippen LogP contribution in [-0.2, 0) is 4.57 Å². The van der Waals surface area contributed by atoms with Crippen molar-refractivity contribution in [1.82, 2.24) is 0 Å². The fourth-order valence-electron chi connectivity index (χ4n) is 1.65. The monoisotopic (exact) mass is 189 g/mol. The zero-order valence-electron chi connectivity index (χ0n) is 8.65. The van der Waals surface area contributed by atoms with Gasteiger partial charge in [-0.05, 0) is 19.3 Å². The second kappa shape index (κ2) is 6.60. The van der Waals surface area contributed by atoms with Crippen molar-refractivity contribution in [2.45, 2.75) is 52.9 Å². The fourth-order valence-corrected chi connectivity index (χ4v) is 2.63. The Morgan fingerprint density at radius 3 is 2.08 bits per heavy atom. The van der Waals surface area contributed by atoms with Crippen LogP contribution in [0.25, 0.3) is 0 Å². The summed E-state index contributed by atoms with van der Waals surface area (Å²) in [5.41, 5.74) is 0.385. The molecule has 0 fully saturated rings. The predicted octanol–water partition coefficient (Wildman–Crippen LogP) is 4.01. The van der Waals surface area contributed by atoms with Crippen LogP contribution in [0.2, 0.25) is 0 Å². The van der Waals surface area contributed by atoms with Gasteiger partial charge in [0.15, 0.2) is 0 Å². The molecule has 0 amide bonds. The van der Waals surface area contributed by atoms with Crippen LogP contribution in [0.4, 0.5) is 0 Å². The van der Waals surface area contributed by atoms with Gasteiger partial charge in [0, 0.05) is 5.41 Å². The summed E-state index contributed by atoms with van der Waals surface area (Å²) in [5, 5.41) is 0. The van der Waals surface area contributed by atoms with Gasteiger partial charge in [-0.2, -0.15) is 0 Å². The first-order valence-electron chi connectivity index (χ1n) is 5.09. The third-order valence-corrected chi connectivity index (χ3v) is 3.90. The maximum Gasteiger partial charge on any atom is 0.325 e. The van der Waals surface area contributed by atoms with E-state index in [1.54, 1.807) is 0 Å². The highest BCUT2D eigenvalue weighted by Gasteiger charge is 2.28. The Kier molecular flexibility index (Phi) is 6.65. The average molecular weight is 189 g/mol. The minimum Gasteiger partial charge on any atom is -0.0775 e. The quantitative estimate of drug-likeness (QED) is 0.553. The summed E-state index contributed by atoms with van der Waals surface area (Å²) in [4.78, 5) is 0. The van der Waals surface area contributed by atoms with Gasteiger partial charge in [0.05, 0.1) is 0 Å². The van der Waals surface area contributed by atoms with E-state index in [2.05, 4.69) is 20.8 Å². The van der Waals surface area contributed by atoms with Gasteiger partial charge in [0.25, 0.3) is 0 Å². The van der Waals surface area contributed by atoms with E-state index >= 15 is 0 Å². The molecule has 0 aromatic carbocycles. The van der Waals surface area contributed by atoms with Gasteiger partial charge in [-0.25, -0.2) is 0 Å². The highest BCUT2D eigenvalue weighted by molar-refractivity contribution is 7.23. The molecule has 0 spiro atoms. The molecule has 0 rings (SSSR count). The smallest absolute Gasteiger partial charge is 0.0775 e. The van der Waals surface area contributed by atoms with Gasteiger partial charge in [-0.15, -0.1) is 0 Å². The van der Waals surface area contributed by atoms with E-state index in [0.717, 1.165) is 6.16 Å². The molecule has 0 aliphatic rings. The van der Waals surface area contributed by atoms with Crippen molar-refractivity contribution in [2.75, 3.05) is 6.16 Å². The Morgan fingerprint density at radius 2 is 1.75 bits per heavy atom. The van der Waals surface area contributed by atoms with Crippen LogP contribution in [0, 0.1) is 5.41 Å². The topological polar surface area (TPSA) is 17.1 Å². The van der Waals surface area contributed by atoms with Crippen molar-refractivity contribution in [2.24, 2.45) is 5.41 Å². The summed E-state index contributed by atoms with van der Waals surface area (Å²) in [5.74, 6) is 0. The fraction of sp³-hybridized carbons (Fsp3) is 1.00. The molecule has 0 saturated heterocycles. The minimum atomic E-state index is -0.116. The molecule has 0 aromatic rings. The third kappa shape index (κ3) is 3.67. The van der Waals surface area contributed by atoms with E-state index in [-0.39, 0.29) is 8.46 Å². The first-order valence-corrected chi connectivity index (χ1v) is 6.21. The third-order valence-electron chi connectivity index (χ3n) is 3.01. The highest BCUT2D eigenvalue weighted by atomic mass is 31.1. The molecule has 0 aromatic heterocycles. The Labute approximate surface area is 78.1 Å². The van der Waals surface area contributed by atoms with E-state index in [4.69, 9.17) is 0 Å². The summed E-state index contributed by atoms with van der Waals surface area (Å²) in [6, 6.07) is 0. The maximum absolute atomic E-state index is 10.7. The zero-order chi connectivity index (χ0) is 9.45. The molecule has 0 heterocycles. The molecule has 0 N–H and O–H groups in total. The molecular weight excluding hydrogens is 167 g/mol. The largest absolute Gasteiger partial charge is 0.325 e. The lowest BCUT2D eigenvalue weighted by molar-refractivity contribution is 0.270. The molecule has 72 valence electrons. The molecule has 0 aliphatic carbocycles. The first kappa shape index (κ1) is 12.1. The van der Waals surface area contributed by atoms with Crippen molar-refractivity contribution >= 4 is 8.46 Å². The Bertz CT molecular complexity index is 119.